The SMILES string of the molecule is COc1ccccc1N=c1scc(-c2ccco2)n1C1CCCC1. The van der Waals surface area contributed by atoms with Crippen molar-refractivity contribution in [2.75, 3.05) is 7.11 Å². The van der Waals surface area contributed by atoms with Gasteiger partial charge in [-0.2, -0.15) is 0 Å². The van der Waals surface area contributed by atoms with Gasteiger partial charge in [-0.15, -0.1) is 11.3 Å². The van der Waals surface area contributed by atoms with E-state index in [4.69, 9.17) is 14.1 Å². The number of hydrogen-bond donors (Lipinski definition) is 0. The molecular formula is C19H20N2O2S. The lowest BCUT2D eigenvalue weighted by atomic mass is 10.2. The zero-order valence-corrected chi connectivity index (χ0v) is 14.5. The van der Waals surface area contributed by atoms with Crippen molar-refractivity contribution in [3.8, 4) is 17.2 Å². The molecule has 1 fully saturated rings. The normalized spacial score (nSPS) is 16.0. The van der Waals surface area contributed by atoms with Crippen LogP contribution in [0.3, 0.4) is 0 Å². The van der Waals surface area contributed by atoms with E-state index in [2.05, 4.69) is 9.95 Å². The number of rotatable bonds is 4. The third-order valence-electron chi connectivity index (χ3n) is 4.51. The van der Waals surface area contributed by atoms with Crippen molar-refractivity contribution in [1.82, 2.24) is 4.57 Å². The first-order valence-electron chi connectivity index (χ1n) is 8.28. The first-order chi connectivity index (χ1) is 11.9. The van der Waals surface area contributed by atoms with Gasteiger partial charge in [0.2, 0.25) is 0 Å². The van der Waals surface area contributed by atoms with Gasteiger partial charge in [0.15, 0.2) is 10.6 Å². The topological polar surface area (TPSA) is 39.7 Å². The Labute approximate surface area is 145 Å². The average Bonchev–Trinajstić information content (AvgIpc) is 3.35. The van der Waals surface area contributed by atoms with Crippen molar-refractivity contribution in [2.24, 2.45) is 4.99 Å². The molecular weight excluding hydrogens is 320 g/mol. The van der Waals surface area contributed by atoms with Gasteiger partial charge in [0.25, 0.3) is 0 Å². The molecule has 1 aliphatic rings. The fraction of sp³-hybridized carbons (Fsp3) is 0.316. The maximum Gasteiger partial charge on any atom is 0.190 e. The molecule has 0 atom stereocenters. The van der Waals surface area contributed by atoms with Crippen molar-refractivity contribution in [2.45, 2.75) is 31.7 Å². The highest BCUT2D eigenvalue weighted by atomic mass is 32.1. The van der Waals surface area contributed by atoms with Crippen LogP contribution in [0.5, 0.6) is 5.75 Å². The van der Waals surface area contributed by atoms with Crippen LogP contribution >= 0.6 is 11.3 Å². The Hall–Kier alpha value is -2.27. The molecule has 0 aliphatic heterocycles. The molecule has 0 saturated heterocycles. The van der Waals surface area contributed by atoms with Crippen molar-refractivity contribution in [1.29, 1.82) is 0 Å². The first-order valence-corrected chi connectivity index (χ1v) is 9.16. The van der Waals surface area contributed by atoms with Crippen LogP contribution in [0.25, 0.3) is 11.5 Å². The van der Waals surface area contributed by atoms with E-state index < -0.39 is 0 Å². The third-order valence-corrected chi connectivity index (χ3v) is 5.35. The molecule has 0 unspecified atom stereocenters. The van der Waals surface area contributed by atoms with Crippen LogP contribution in [0.15, 0.2) is 57.5 Å². The van der Waals surface area contributed by atoms with Gasteiger partial charge in [0.05, 0.1) is 19.1 Å². The van der Waals surface area contributed by atoms with E-state index in [0.717, 1.165) is 27.7 Å². The molecule has 0 radical (unpaired) electrons. The first kappa shape index (κ1) is 15.3. The number of methoxy groups -OCH3 is 1. The Morgan fingerprint density at radius 1 is 1.17 bits per heavy atom. The van der Waals surface area contributed by atoms with Gasteiger partial charge in [-0.1, -0.05) is 25.0 Å². The predicted molar refractivity (Wildman–Crippen MR) is 95.7 cm³/mol. The summed E-state index contributed by atoms with van der Waals surface area (Å²) in [6.07, 6.45) is 6.68. The summed E-state index contributed by atoms with van der Waals surface area (Å²) < 4.78 is 13.4. The second-order valence-corrected chi connectivity index (χ2v) is 6.81. The molecule has 0 spiro atoms. The lowest BCUT2D eigenvalue weighted by Gasteiger charge is -2.15. The van der Waals surface area contributed by atoms with E-state index in [1.54, 1.807) is 24.7 Å². The molecule has 2 heterocycles. The Morgan fingerprint density at radius 2 is 2.00 bits per heavy atom. The van der Waals surface area contributed by atoms with Crippen LogP contribution in [-0.2, 0) is 0 Å². The van der Waals surface area contributed by atoms with Crippen LogP contribution < -0.4 is 9.54 Å². The zero-order chi connectivity index (χ0) is 16.4. The minimum absolute atomic E-state index is 0.491. The van der Waals surface area contributed by atoms with Crippen molar-refractivity contribution >= 4 is 17.0 Å². The molecule has 0 N–H and O–H groups in total. The fourth-order valence-corrected chi connectivity index (χ4v) is 4.31. The molecule has 2 aromatic heterocycles. The number of thiazole rings is 1. The molecule has 124 valence electrons. The fourth-order valence-electron chi connectivity index (χ4n) is 3.35. The van der Waals surface area contributed by atoms with Crippen LogP contribution in [-0.4, -0.2) is 11.7 Å². The van der Waals surface area contributed by atoms with Crippen LogP contribution in [0.2, 0.25) is 0 Å². The molecule has 0 bridgehead atoms. The molecule has 24 heavy (non-hydrogen) atoms. The number of hydrogen-bond acceptors (Lipinski definition) is 4. The number of para-hydroxylation sites is 2. The second kappa shape index (κ2) is 6.69. The summed E-state index contributed by atoms with van der Waals surface area (Å²) >= 11 is 1.66. The molecule has 3 aromatic rings. The van der Waals surface area contributed by atoms with Crippen LogP contribution in [0, 0.1) is 0 Å². The predicted octanol–water partition coefficient (Wildman–Crippen LogP) is 5.17. The molecule has 5 heteroatoms. The molecule has 4 nitrogen and oxygen atoms in total. The maximum absolute atomic E-state index is 5.65. The van der Waals surface area contributed by atoms with Gasteiger partial charge in [-0.3, -0.25) is 0 Å². The molecule has 4 rings (SSSR count). The summed E-state index contributed by atoms with van der Waals surface area (Å²) in [5.74, 6) is 1.70. The van der Waals surface area contributed by atoms with Crippen molar-refractivity contribution in [3.63, 3.8) is 0 Å². The Kier molecular flexibility index (Phi) is 4.26. The molecule has 0 amide bonds. The monoisotopic (exact) mass is 340 g/mol. The standard InChI is InChI=1S/C19H20N2O2S/c1-22-17-10-5-4-9-15(17)20-19-21(14-7-2-3-8-14)16(13-24-19)18-11-6-12-23-18/h4-6,9-14H,2-3,7-8H2,1H3. The minimum atomic E-state index is 0.491. The molecule has 1 aliphatic carbocycles. The quantitative estimate of drug-likeness (QED) is 0.657. The Bertz CT molecular complexity index is 871. The Balaban J connectivity index is 1.88. The highest BCUT2D eigenvalue weighted by Crippen LogP contribution is 2.34. The maximum atomic E-state index is 5.65. The third kappa shape index (κ3) is 2.80. The lowest BCUT2D eigenvalue weighted by Crippen LogP contribution is -2.19. The number of aromatic nitrogens is 1. The van der Waals surface area contributed by atoms with E-state index in [-0.39, 0.29) is 0 Å². The largest absolute Gasteiger partial charge is 0.494 e. The van der Waals surface area contributed by atoms with Gasteiger partial charge < -0.3 is 13.7 Å². The number of benzene rings is 1. The average molecular weight is 340 g/mol. The number of ether oxygens (including phenoxy) is 1. The highest BCUT2D eigenvalue weighted by Gasteiger charge is 2.22. The van der Waals surface area contributed by atoms with Crippen LogP contribution in [0.1, 0.15) is 31.7 Å². The summed E-state index contributed by atoms with van der Waals surface area (Å²) in [6, 6.07) is 12.3. The number of nitrogens with zero attached hydrogens (tertiary/aromatic N) is 2. The van der Waals surface area contributed by atoms with Gasteiger partial charge in [-0.05, 0) is 37.1 Å². The summed E-state index contributed by atoms with van der Waals surface area (Å²) in [6.45, 7) is 0. The lowest BCUT2D eigenvalue weighted by molar-refractivity contribution is 0.415. The molecule has 1 saturated carbocycles. The van der Waals surface area contributed by atoms with Gasteiger partial charge >= 0.3 is 0 Å². The van der Waals surface area contributed by atoms with E-state index in [1.807, 2.05) is 36.4 Å². The summed E-state index contributed by atoms with van der Waals surface area (Å²) in [4.78, 5) is 5.90. The van der Waals surface area contributed by atoms with Crippen LogP contribution in [0.4, 0.5) is 5.69 Å². The minimum Gasteiger partial charge on any atom is -0.494 e. The van der Waals surface area contributed by atoms with E-state index in [9.17, 15) is 0 Å². The number of furan rings is 1. The highest BCUT2D eigenvalue weighted by molar-refractivity contribution is 7.07. The van der Waals surface area contributed by atoms with E-state index >= 15 is 0 Å². The Morgan fingerprint density at radius 3 is 2.75 bits per heavy atom. The summed E-state index contributed by atoms with van der Waals surface area (Å²) in [5, 5.41) is 2.14. The smallest absolute Gasteiger partial charge is 0.190 e. The van der Waals surface area contributed by atoms with Gasteiger partial charge in [0, 0.05) is 11.4 Å². The van der Waals surface area contributed by atoms with E-state index in [0.29, 0.717) is 6.04 Å². The second-order valence-electron chi connectivity index (χ2n) is 5.97. The van der Waals surface area contributed by atoms with Gasteiger partial charge in [-0.25, -0.2) is 4.99 Å². The van der Waals surface area contributed by atoms with E-state index in [1.165, 1.54) is 25.7 Å². The van der Waals surface area contributed by atoms with Gasteiger partial charge in [0.1, 0.15) is 11.4 Å². The van der Waals surface area contributed by atoms with Crippen molar-refractivity contribution in [3.05, 3.63) is 52.8 Å². The molecule has 1 aromatic carbocycles. The van der Waals surface area contributed by atoms with Crippen molar-refractivity contribution < 1.29 is 9.15 Å². The summed E-state index contributed by atoms with van der Waals surface area (Å²) in [7, 11) is 1.68. The summed E-state index contributed by atoms with van der Waals surface area (Å²) in [5.41, 5.74) is 1.98. The zero-order valence-electron chi connectivity index (χ0n) is 13.6.